The number of rotatable bonds is 6. The molecule has 0 fully saturated rings. The molecular formula is C19H19N3O4. The highest BCUT2D eigenvalue weighted by Crippen LogP contribution is 2.21. The van der Waals surface area contributed by atoms with Gasteiger partial charge < -0.3 is 19.8 Å². The number of aromatic amines is 1. The molecule has 2 N–H and O–H groups in total. The van der Waals surface area contributed by atoms with Crippen LogP contribution in [0.4, 0.5) is 11.6 Å². The summed E-state index contributed by atoms with van der Waals surface area (Å²) in [5, 5.41) is 3.11. The lowest BCUT2D eigenvalue weighted by Crippen LogP contribution is -2.05. The van der Waals surface area contributed by atoms with E-state index in [1.54, 1.807) is 50.2 Å². The van der Waals surface area contributed by atoms with Gasteiger partial charge in [0.05, 0.1) is 35.4 Å². The van der Waals surface area contributed by atoms with Gasteiger partial charge >= 0.3 is 11.9 Å². The van der Waals surface area contributed by atoms with Gasteiger partial charge in [0.1, 0.15) is 0 Å². The second kappa shape index (κ2) is 7.69. The molecule has 134 valence electrons. The molecule has 0 aliphatic rings. The van der Waals surface area contributed by atoms with Crippen molar-refractivity contribution >= 4 is 34.6 Å². The SMILES string of the molecule is CCOC(=O)c1cccc(Nc2nc3ccc(C(=O)OCC)cc3[nH]2)c1. The smallest absolute Gasteiger partial charge is 0.338 e. The molecule has 2 aromatic carbocycles. The Kier molecular flexibility index (Phi) is 5.17. The van der Waals surface area contributed by atoms with Gasteiger partial charge in [-0.25, -0.2) is 14.6 Å². The van der Waals surface area contributed by atoms with Crippen LogP contribution in [0, 0.1) is 0 Å². The first-order valence-electron chi connectivity index (χ1n) is 8.31. The van der Waals surface area contributed by atoms with Crippen molar-refractivity contribution in [3.63, 3.8) is 0 Å². The predicted octanol–water partition coefficient (Wildman–Crippen LogP) is 3.66. The van der Waals surface area contributed by atoms with Crippen molar-refractivity contribution in [2.75, 3.05) is 18.5 Å². The van der Waals surface area contributed by atoms with E-state index in [-0.39, 0.29) is 11.9 Å². The van der Waals surface area contributed by atoms with E-state index in [2.05, 4.69) is 15.3 Å². The zero-order chi connectivity index (χ0) is 18.5. The summed E-state index contributed by atoms with van der Waals surface area (Å²) in [6.45, 7) is 4.17. The Labute approximate surface area is 150 Å². The lowest BCUT2D eigenvalue weighted by Gasteiger charge is -2.05. The molecule has 0 bridgehead atoms. The number of H-pyrrole nitrogens is 1. The zero-order valence-corrected chi connectivity index (χ0v) is 14.5. The van der Waals surface area contributed by atoms with Crippen molar-refractivity contribution in [3.8, 4) is 0 Å². The van der Waals surface area contributed by atoms with Crippen LogP contribution in [0.2, 0.25) is 0 Å². The molecule has 3 aromatic rings. The van der Waals surface area contributed by atoms with E-state index in [9.17, 15) is 9.59 Å². The number of esters is 2. The number of nitrogens with zero attached hydrogens (tertiary/aromatic N) is 1. The Balaban J connectivity index is 1.82. The van der Waals surface area contributed by atoms with Crippen molar-refractivity contribution < 1.29 is 19.1 Å². The zero-order valence-electron chi connectivity index (χ0n) is 14.5. The Hall–Kier alpha value is -3.35. The maximum Gasteiger partial charge on any atom is 0.338 e. The van der Waals surface area contributed by atoms with Gasteiger partial charge in [0.15, 0.2) is 0 Å². The molecule has 7 heteroatoms. The Bertz CT molecular complexity index is 949. The predicted molar refractivity (Wildman–Crippen MR) is 97.7 cm³/mol. The number of hydrogen-bond donors (Lipinski definition) is 2. The quantitative estimate of drug-likeness (QED) is 0.657. The number of anilines is 2. The van der Waals surface area contributed by atoms with E-state index >= 15 is 0 Å². The van der Waals surface area contributed by atoms with E-state index in [0.29, 0.717) is 47.0 Å². The van der Waals surface area contributed by atoms with Gasteiger partial charge in [0.25, 0.3) is 0 Å². The van der Waals surface area contributed by atoms with Gasteiger partial charge in [-0.15, -0.1) is 0 Å². The van der Waals surface area contributed by atoms with Crippen LogP contribution < -0.4 is 5.32 Å². The van der Waals surface area contributed by atoms with Gasteiger partial charge in [-0.2, -0.15) is 0 Å². The third-order valence-corrected chi connectivity index (χ3v) is 3.63. The molecule has 3 rings (SSSR count). The van der Waals surface area contributed by atoms with Crippen molar-refractivity contribution in [1.82, 2.24) is 9.97 Å². The largest absolute Gasteiger partial charge is 0.462 e. The Morgan fingerprint density at radius 3 is 2.38 bits per heavy atom. The number of nitrogens with one attached hydrogen (secondary N) is 2. The number of ether oxygens (including phenoxy) is 2. The maximum absolute atomic E-state index is 11.8. The van der Waals surface area contributed by atoms with Crippen LogP contribution >= 0.6 is 0 Å². The van der Waals surface area contributed by atoms with E-state index in [4.69, 9.17) is 9.47 Å². The minimum absolute atomic E-state index is 0.322. The molecule has 0 spiro atoms. The number of benzene rings is 2. The van der Waals surface area contributed by atoms with E-state index in [1.165, 1.54) is 0 Å². The molecule has 1 aromatic heterocycles. The molecule has 0 radical (unpaired) electrons. The first kappa shape index (κ1) is 17.5. The summed E-state index contributed by atoms with van der Waals surface area (Å²) in [5.74, 6) is -0.248. The minimum atomic E-state index is -0.375. The monoisotopic (exact) mass is 353 g/mol. The summed E-state index contributed by atoms with van der Waals surface area (Å²) >= 11 is 0. The minimum Gasteiger partial charge on any atom is -0.462 e. The van der Waals surface area contributed by atoms with E-state index in [0.717, 1.165) is 0 Å². The lowest BCUT2D eigenvalue weighted by atomic mass is 10.2. The molecule has 26 heavy (non-hydrogen) atoms. The molecule has 0 unspecified atom stereocenters. The van der Waals surface area contributed by atoms with Crippen LogP contribution in [0.15, 0.2) is 42.5 Å². The Morgan fingerprint density at radius 1 is 1.00 bits per heavy atom. The molecule has 0 amide bonds. The number of hydrogen-bond acceptors (Lipinski definition) is 6. The molecule has 1 heterocycles. The van der Waals surface area contributed by atoms with Crippen LogP contribution in [0.3, 0.4) is 0 Å². The summed E-state index contributed by atoms with van der Waals surface area (Å²) < 4.78 is 10.0. The summed E-state index contributed by atoms with van der Waals surface area (Å²) in [4.78, 5) is 31.2. The third kappa shape index (κ3) is 3.83. The highest BCUT2D eigenvalue weighted by molar-refractivity contribution is 5.94. The number of carbonyl (C=O) groups excluding carboxylic acids is 2. The number of aromatic nitrogens is 2. The third-order valence-electron chi connectivity index (χ3n) is 3.63. The summed E-state index contributed by atoms with van der Waals surface area (Å²) in [6, 6.07) is 12.1. The van der Waals surface area contributed by atoms with Crippen LogP contribution in [-0.4, -0.2) is 35.1 Å². The molecule has 0 saturated carbocycles. The van der Waals surface area contributed by atoms with Gasteiger partial charge in [-0.1, -0.05) is 6.07 Å². The molecule has 0 aliphatic heterocycles. The first-order chi connectivity index (χ1) is 12.6. The van der Waals surface area contributed by atoms with E-state index in [1.807, 2.05) is 6.07 Å². The van der Waals surface area contributed by atoms with E-state index < -0.39 is 0 Å². The molecular weight excluding hydrogens is 334 g/mol. The summed E-state index contributed by atoms with van der Waals surface area (Å²) in [7, 11) is 0. The second-order valence-corrected chi connectivity index (χ2v) is 5.46. The van der Waals surface area contributed by atoms with Gasteiger partial charge in [-0.05, 0) is 50.2 Å². The van der Waals surface area contributed by atoms with Crippen molar-refractivity contribution in [2.45, 2.75) is 13.8 Å². The molecule has 0 atom stereocenters. The topological polar surface area (TPSA) is 93.3 Å². The van der Waals surface area contributed by atoms with Crippen LogP contribution in [0.5, 0.6) is 0 Å². The van der Waals surface area contributed by atoms with Crippen molar-refractivity contribution in [2.24, 2.45) is 0 Å². The highest BCUT2D eigenvalue weighted by Gasteiger charge is 2.11. The first-order valence-corrected chi connectivity index (χ1v) is 8.31. The lowest BCUT2D eigenvalue weighted by molar-refractivity contribution is 0.0517. The van der Waals surface area contributed by atoms with Crippen LogP contribution in [0.1, 0.15) is 34.6 Å². The highest BCUT2D eigenvalue weighted by atomic mass is 16.5. The number of carbonyl (C=O) groups is 2. The standard InChI is InChI=1S/C19H19N3O4/c1-3-25-17(23)12-6-5-7-14(10-12)20-19-21-15-9-8-13(11-16(15)22-19)18(24)26-4-2/h5-11H,3-4H2,1-2H3,(H2,20,21,22). The summed E-state index contributed by atoms with van der Waals surface area (Å²) in [6.07, 6.45) is 0. The normalized spacial score (nSPS) is 10.5. The Morgan fingerprint density at radius 2 is 1.69 bits per heavy atom. The molecule has 0 saturated heterocycles. The fourth-order valence-corrected chi connectivity index (χ4v) is 2.49. The molecule has 7 nitrogen and oxygen atoms in total. The summed E-state index contributed by atoms with van der Waals surface area (Å²) in [5.41, 5.74) is 3.03. The average molecular weight is 353 g/mol. The van der Waals surface area contributed by atoms with Crippen LogP contribution in [-0.2, 0) is 9.47 Å². The maximum atomic E-state index is 11.8. The number of fused-ring (bicyclic) bond motifs is 1. The fraction of sp³-hybridized carbons (Fsp3) is 0.211. The molecule has 0 aliphatic carbocycles. The fourth-order valence-electron chi connectivity index (χ4n) is 2.49. The van der Waals surface area contributed by atoms with Gasteiger partial charge in [-0.3, -0.25) is 0 Å². The van der Waals surface area contributed by atoms with Crippen molar-refractivity contribution in [1.29, 1.82) is 0 Å². The van der Waals surface area contributed by atoms with Gasteiger partial charge in [0, 0.05) is 5.69 Å². The van der Waals surface area contributed by atoms with Crippen LogP contribution in [0.25, 0.3) is 11.0 Å². The van der Waals surface area contributed by atoms with Gasteiger partial charge in [0.2, 0.25) is 5.95 Å². The second-order valence-electron chi connectivity index (χ2n) is 5.46. The van der Waals surface area contributed by atoms with Crippen molar-refractivity contribution in [3.05, 3.63) is 53.6 Å². The average Bonchev–Trinajstić information content (AvgIpc) is 3.03. The number of imidazole rings is 1.